The van der Waals surface area contributed by atoms with E-state index in [1.54, 1.807) is 0 Å². The van der Waals surface area contributed by atoms with Crippen LogP contribution in [0.5, 0.6) is 5.75 Å². The first kappa shape index (κ1) is 21.7. The minimum atomic E-state index is -0.347. The molecular weight excluding hydrogens is 398 g/mol. The van der Waals surface area contributed by atoms with Gasteiger partial charge in [0, 0.05) is 6.54 Å². The second-order valence-electron chi connectivity index (χ2n) is 7.11. The molecule has 0 spiro atoms. The Labute approximate surface area is 181 Å². The molecule has 8 heteroatoms. The standard InChI is InChI=1S/C22H27N5O2S/c1-15-9-10-19(16(2)13-15)29-14-20-25-26-22(27(20)23)30-17(3)21(28)24-12-11-18-7-5-4-6-8-18/h4-10,13,17H,11-12,14,23H2,1-3H3,(H,24,28)/t17-/m1/s1. The summed E-state index contributed by atoms with van der Waals surface area (Å²) in [5.41, 5.74) is 3.42. The summed E-state index contributed by atoms with van der Waals surface area (Å²) in [4.78, 5) is 12.4. The SMILES string of the molecule is Cc1ccc(OCc2nnc(S[C@H](C)C(=O)NCCc3ccccc3)n2N)c(C)c1. The van der Waals surface area contributed by atoms with Crippen molar-refractivity contribution in [2.24, 2.45) is 0 Å². The van der Waals surface area contributed by atoms with Crippen molar-refractivity contribution in [1.82, 2.24) is 20.2 Å². The Morgan fingerprint density at radius 2 is 1.97 bits per heavy atom. The van der Waals surface area contributed by atoms with E-state index in [2.05, 4.69) is 21.6 Å². The molecule has 1 heterocycles. The lowest BCUT2D eigenvalue weighted by molar-refractivity contribution is -0.120. The monoisotopic (exact) mass is 425 g/mol. The van der Waals surface area contributed by atoms with Crippen molar-refractivity contribution in [3.05, 3.63) is 71.0 Å². The van der Waals surface area contributed by atoms with Crippen molar-refractivity contribution in [3.8, 4) is 5.75 Å². The molecule has 158 valence electrons. The summed E-state index contributed by atoms with van der Waals surface area (Å²) in [6.07, 6.45) is 0.789. The van der Waals surface area contributed by atoms with Crippen LogP contribution in [0.25, 0.3) is 0 Å². The number of aromatic nitrogens is 3. The zero-order valence-corrected chi connectivity index (χ0v) is 18.3. The summed E-state index contributed by atoms with van der Waals surface area (Å²) < 4.78 is 7.20. The fourth-order valence-corrected chi connectivity index (χ4v) is 3.73. The van der Waals surface area contributed by atoms with Gasteiger partial charge in [-0.3, -0.25) is 4.79 Å². The number of hydrogen-bond acceptors (Lipinski definition) is 6. The topological polar surface area (TPSA) is 95.1 Å². The van der Waals surface area contributed by atoms with Gasteiger partial charge in [0.2, 0.25) is 11.1 Å². The molecule has 0 aliphatic heterocycles. The van der Waals surface area contributed by atoms with Gasteiger partial charge in [-0.2, -0.15) is 0 Å². The van der Waals surface area contributed by atoms with Crippen molar-refractivity contribution < 1.29 is 9.53 Å². The lowest BCUT2D eigenvalue weighted by atomic mass is 10.1. The highest BCUT2D eigenvalue weighted by Gasteiger charge is 2.19. The van der Waals surface area contributed by atoms with E-state index in [1.807, 2.05) is 63.2 Å². The molecule has 0 aliphatic rings. The van der Waals surface area contributed by atoms with E-state index < -0.39 is 0 Å². The largest absolute Gasteiger partial charge is 0.485 e. The normalized spacial score (nSPS) is 11.8. The summed E-state index contributed by atoms with van der Waals surface area (Å²) in [6, 6.07) is 16.0. The Bertz CT molecular complexity index is 990. The number of hydrogen-bond donors (Lipinski definition) is 2. The summed E-state index contributed by atoms with van der Waals surface area (Å²) >= 11 is 1.27. The third-order valence-electron chi connectivity index (χ3n) is 4.63. The predicted octanol–water partition coefficient (Wildman–Crippen LogP) is 3.03. The van der Waals surface area contributed by atoms with Crippen molar-refractivity contribution in [3.63, 3.8) is 0 Å². The molecule has 0 radical (unpaired) electrons. The Morgan fingerprint density at radius 3 is 2.70 bits per heavy atom. The number of nitrogens with one attached hydrogen (secondary N) is 1. The van der Waals surface area contributed by atoms with E-state index in [9.17, 15) is 4.79 Å². The van der Waals surface area contributed by atoms with E-state index in [-0.39, 0.29) is 17.8 Å². The van der Waals surface area contributed by atoms with Crippen molar-refractivity contribution >= 4 is 17.7 Å². The number of ether oxygens (including phenoxy) is 1. The maximum absolute atomic E-state index is 12.4. The average molecular weight is 426 g/mol. The van der Waals surface area contributed by atoms with Crippen LogP contribution in [0.3, 0.4) is 0 Å². The highest BCUT2D eigenvalue weighted by Crippen LogP contribution is 2.23. The van der Waals surface area contributed by atoms with Crippen LogP contribution in [0.4, 0.5) is 0 Å². The van der Waals surface area contributed by atoms with Crippen LogP contribution in [-0.2, 0) is 17.8 Å². The molecular formula is C22H27N5O2S. The summed E-state index contributed by atoms with van der Waals surface area (Å²) in [5, 5.41) is 11.3. The highest BCUT2D eigenvalue weighted by molar-refractivity contribution is 8.00. The van der Waals surface area contributed by atoms with E-state index >= 15 is 0 Å². The Hall–Kier alpha value is -3.00. The number of nitrogens with two attached hydrogens (primary N) is 1. The minimum Gasteiger partial charge on any atom is -0.485 e. The molecule has 0 aliphatic carbocycles. The molecule has 3 N–H and O–H groups in total. The Kier molecular flexibility index (Phi) is 7.35. The number of amides is 1. The smallest absolute Gasteiger partial charge is 0.233 e. The first-order valence-corrected chi connectivity index (χ1v) is 10.7. The fraction of sp³-hybridized carbons (Fsp3) is 0.318. The summed E-state index contributed by atoms with van der Waals surface area (Å²) in [6.45, 7) is 6.64. The number of thioether (sulfide) groups is 1. The minimum absolute atomic E-state index is 0.0630. The van der Waals surface area contributed by atoms with Gasteiger partial charge in [0.25, 0.3) is 0 Å². The van der Waals surface area contributed by atoms with Gasteiger partial charge in [0.15, 0.2) is 5.82 Å². The van der Waals surface area contributed by atoms with Gasteiger partial charge in [-0.25, -0.2) is 4.68 Å². The third kappa shape index (κ3) is 5.76. The molecule has 0 bridgehead atoms. The predicted molar refractivity (Wildman–Crippen MR) is 119 cm³/mol. The lowest BCUT2D eigenvalue weighted by Gasteiger charge is -2.12. The first-order chi connectivity index (χ1) is 14.4. The Morgan fingerprint density at radius 1 is 1.20 bits per heavy atom. The molecule has 3 aromatic rings. The summed E-state index contributed by atoms with van der Waals surface area (Å²) in [7, 11) is 0. The van der Waals surface area contributed by atoms with Gasteiger partial charge in [-0.15, -0.1) is 10.2 Å². The lowest BCUT2D eigenvalue weighted by Crippen LogP contribution is -2.32. The van der Waals surface area contributed by atoms with Crippen LogP contribution in [0.1, 0.15) is 29.4 Å². The zero-order chi connectivity index (χ0) is 21.5. The average Bonchev–Trinajstić information content (AvgIpc) is 3.07. The summed E-state index contributed by atoms with van der Waals surface area (Å²) in [5.74, 6) is 7.33. The van der Waals surface area contributed by atoms with E-state index in [4.69, 9.17) is 10.6 Å². The Balaban J connectivity index is 1.50. The zero-order valence-electron chi connectivity index (χ0n) is 17.5. The van der Waals surface area contributed by atoms with Crippen LogP contribution < -0.4 is 15.9 Å². The van der Waals surface area contributed by atoms with Gasteiger partial charge < -0.3 is 15.9 Å². The quantitative estimate of drug-likeness (QED) is 0.404. The molecule has 7 nitrogen and oxygen atoms in total. The molecule has 2 aromatic carbocycles. The van der Waals surface area contributed by atoms with Crippen molar-refractivity contribution in [2.45, 2.75) is 44.2 Å². The number of benzene rings is 2. The molecule has 0 saturated carbocycles. The van der Waals surface area contributed by atoms with Gasteiger partial charge in [0.05, 0.1) is 5.25 Å². The van der Waals surface area contributed by atoms with Gasteiger partial charge in [-0.1, -0.05) is 59.8 Å². The maximum Gasteiger partial charge on any atom is 0.233 e. The van der Waals surface area contributed by atoms with Gasteiger partial charge in [-0.05, 0) is 44.4 Å². The molecule has 0 unspecified atom stereocenters. The van der Waals surface area contributed by atoms with Gasteiger partial charge >= 0.3 is 0 Å². The second-order valence-corrected chi connectivity index (χ2v) is 8.42. The van der Waals surface area contributed by atoms with Crippen LogP contribution in [0.15, 0.2) is 53.7 Å². The first-order valence-electron chi connectivity index (χ1n) is 9.81. The van der Waals surface area contributed by atoms with E-state index in [0.717, 1.165) is 17.7 Å². The van der Waals surface area contributed by atoms with Crippen molar-refractivity contribution in [1.29, 1.82) is 0 Å². The van der Waals surface area contributed by atoms with Crippen molar-refractivity contribution in [2.75, 3.05) is 12.4 Å². The number of nitrogen functional groups attached to an aromatic ring is 1. The molecule has 30 heavy (non-hydrogen) atoms. The van der Waals surface area contributed by atoms with Crippen LogP contribution in [0.2, 0.25) is 0 Å². The number of nitrogens with zero attached hydrogens (tertiary/aromatic N) is 3. The molecule has 3 rings (SSSR count). The van der Waals surface area contributed by atoms with Crippen LogP contribution in [0, 0.1) is 13.8 Å². The number of carbonyl (C=O) groups excluding carboxylic acids is 1. The third-order valence-corrected chi connectivity index (χ3v) is 5.69. The molecule has 1 amide bonds. The molecule has 1 aromatic heterocycles. The van der Waals surface area contributed by atoms with E-state index in [1.165, 1.54) is 27.6 Å². The second kappa shape index (κ2) is 10.2. The maximum atomic E-state index is 12.4. The molecule has 0 saturated heterocycles. The molecule has 0 fully saturated rings. The number of rotatable bonds is 9. The van der Waals surface area contributed by atoms with Gasteiger partial charge in [0.1, 0.15) is 12.4 Å². The molecule has 1 atom stereocenters. The number of carbonyl (C=O) groups is 1. The number of aryl methyl sites for hydroxylation is 2. The van der Waals surface area contributed by atoms with Crippen LogP contribution in [-0.4, -0.2) is 32.6 Å². The fourth-order valence-electron chi connectivity index (χ4n) is 2.92. The van der Waals surface area contributed by atoms with Crippen LogP contribution >= 0.6 is 11.8 Å². The van der Waals surface area contributed by atoms with E-state index in [0.29, 0.717) is 17.5 Å². The highest BCUT2D eigenvalue weighted by atomic mass is 32.2.